The molecule has 0 unspecified atom stereocenters. The van der Waals surface area contributed by atoms with Gasteiger partial charge in [-0.25, -0.2) is 9.59 Å². The van der Waals surface area contributed by atoms with Crippen LogP contribution in [0, 0.1) is 0 Å². The van der Waals surface area contributed by atoms with E-state index in [4.69, 9.17) is 14.2 Å². The van der Waals surface area contributed by atoms with Crippen molar-refractivity contribution in [3.8, 4) is 16.9 Å². The molecule has 2 rings (SSSR count). The number of carbonyl (C=O) groups is 2. The molecule has 0 radical (unpaired) electrons. The van der Waals surface area contributed by atoms with Gasteiger partial charge in [0.15, 0.2) is 0 Å². The normalized spacial score (nSPS) is 9.53. The van der Waals surface area contributed by atoms with Crippen molar-refractivity contribution in [3.63, 3.8) is 0 Å². The van der Waals surface area contributed by atoms with E-state index >= 15 is 0 Å². The number of para-hydroxylation sites is 1. The van der Waals surface area contributed by atoms with Crippen molar-refractivity contribution in [2.24, 2.45) is 0 Å². The zero-order chi connectivity index (χ0) is 22.2. The van der Waals surface area contributed by atoms with E-state index in [1.165, 1.54) is 0 Å². The summed E-state index contributed by atoms with van der Waals surface area (Å²) in [7, 11) is 0. The molecule has 5 heteroatoms. The lowest BCUT2D eigenvalue weighted by molar-refractivity contribution is -0.139. The van der Waals surface area contributed by atoms with Crippen molar-refractivity contribution < 1.29 is 23.8 Å². The van der Waals surface area contributed by atoms with Crippen molar-refractivity contribution >= 4 is 11.9 Å². The van der Waals surface area contributed by atoms with Gasteiger partial charge in [0.1, 0.15) is 19.0 Å². The van der Waals surface area contributed by atoms with Crippen LogP contribution in [-0.2, 0) is 19.1 Å². The number of esters is 2. The first kappa shape index (κ1) is 24.7. The van der Waals surface area contributed by atoms with Crippen molar-refractivity contribution in [1.29, 1.82) is 0 Å². The highest BCUT2D eigenvalue weighted by atomic mass is 16.6. The summed E-state index contributed by atoms with van der Waals surface area (Å²) < 4.78 is 15.4. The molecule has 0 heterocycles. The first-order valence-electron chi connectivity index (χ1n) is 9.88. The van der Waals surface area contributed by atoms with E-state index in [9.17, 15) is 9.59 Å². The fourth-order valence-corrected chi connectivity index (χ4v) is 2.23. The van der Waals surface area contributed by atoms with E-state index in [0.29, 0.717) is 18.8 Å². The SMILES string of the molecule is C=C(C)C(=O)OCCCC.C=CC(=O)OCCOc1ccccc1-c1ccccc1. The summed E-state index contributed by atoms with van der Waals surface area (Å²) in [4.78, 5) is 21.6. The van der Waals surface area contributed by atoms with E-state index in [1.54, 1.807) is 6.92 Å². The van der Waals surface area contributed by atoms with Gasteiger partial charge in [-0.05, 0) is 25.0 Å². The molecule has 0 bridgehead atoms. The molecule has 0 atom stereocenters. The summed E-state index contributed by atoms with van der Waals surface area (Å²) in [6, 6.07) is 17.8. The molecule has 30 heavy (non-hydrogen) atoms. The Morgan fingerprint density at radius 1 is 0.933 bits per heavy atom. The minimum absolute atomic E-state index is 0.202. The van der Waals surface area contributed by atoms with Gasteiger partial charge in [0.2, 0.25) is 0 Å². The summed E-state index contributed by atoms with van der Waals surface area (Å²) >= 11 is 0. The molecule has 0 saturated heterocycles. The predicted molar refractivity (Wildman–Crippen MR) is 119 cm³/mol. The molecule has 2 aromatic rings. The largest absolute Gasteiger partial charge is 0.489 e. The first-order valence-corrected chi connectivity index (χ1v) is 9.88. The molecule has 0 N–H and O–H groups in total. The second kappa shape index (κ2) is 14.6. The molecule has 0 amide bonds. The molecular formula is C25H30O5. The number of carbonyl (C=O) groups excluding carboxylic acids is 2. The number of ether oxygens (including phenoxy) is 3. The molecule has 0 fully saturated rings. The standard InChI is InChI=1S/C17H16O3.C8H14O2/c1-2-17(18)20-13-12-19-16-11-7-6-10-15(16)14-8-4-3-5-9-14;1-4-5-6-10-8(9)7(2)3/h2-11H,1,12-13H2;2,4-6H2,1,3H3. The van der Waals surface area contributed by atoms with Crippen LogP contribution in [0.4, 0.5) is 0 Å². The average molecular weight is 411 g/mol. The first-order chi connectivity index (χ1) is 14.5. The summed E-state index contributed by atoms with van der Waals surface area (Å²) in [5.74, 6) is 0.0479. The third-order valence-corrected chi connectivity index (χ3v) is 3.80. The van der Waals surface area contributed by atoms with Crippen molar-refractivity contribution in [1.82, 2.24) is 0 Å². The van der Waals surface area contributed by atoms with Gasteiger partial charge in [-0.2, -0.15) is 0 Å². The van der Waals surface area contributed by atoms with Crippen molar-refractivity contribution in [3.05, 3.63) is 79.4 Å². The highest BCUT2D eigenvalue weighted by Crippen LogP contribution is 2.29. The Morgan fingerprint density at radius 3 is 2.23 bits per heavy atom. The van der Waals surface area contributed by atoms with Crippen LogP contribution in [0.5, 0.6) is 5.75 Å². The topological polar surface area (TPSA) is 61.8 Å². The smallest absolute Gasteiger partial charge is 0.333 e. The number of unbranched alkanes of at least 4 members (excludes halogenated alkanes) is 1. The monoisotopic (exact) mass is 410 g/mol. The van der Waals surface area contributed by atoms with Gasteiger partial charge < -0.3 is 14.2 Å². The van der Waals surface area contributed by atoms with Crippen LogP contribution in [0.15, 0.2) is 79.4 Å². The average Bonchev–Trinajstić information content (AvgIpc) is 2.78. The Hall–Kier alpha value is -3.34. The van der Waals surface area contributed by atoms with Crippen LogP contribution in [0.3, 0.4) is 0 Å². The molecule has 0 saturated carbocycles. The third kappa shape index (κ3) is 9.73. The van der Waals surface area contributed by atoms with Gasteiger partial charge in [0.05, 0.1) is 6.61 Å². The number of hydrogen-bond donors (Lipinski definition) is 0. The van der Waals surface area contributed by atoms with E-state index in [2.05, 4.69) is 20.1 Å². The fourth-order valence-electron chi connectivity index (χ4n) is 2.23. The van der Waals surface area contributed by atoms with Crippen LogP contribution in [0.1, 0.15) is 26.7 Å². The van der Waals surface area contributed by atoms with Gasteiger partial charge in [0.25, 0.3) is 0 Å². The number of rotatable bonds is 10. The lowest BCUT2D eigenvalue weighted by Gasteiger charge is -2.11. The van der Waals surface area contributed by atoms with E-state index in [0.717, 1.165) is 35.8 Å². The summed E-state index contributed by atoms with van der Waals surface area (Å²) in [6.45, 7) is 11.5. The lowest BCUT2D eigenvalue weighted by atomic mass is 10.1. The van der Waals surface area contributed by atoms with Gasteiger partial charge >= 0.3 is 11.9 Å². The Kier molecular flexibility index (Phi) is 12.0. The summed E-state index contributed by atoms with van der Waals surface area (Å²) in [5, 5.41) is 0. The van der Waals surface area contributed by atoms with Gasteiger partial charge in [-0.1, -0.05) is 75.0 Å². The maximum absolute atomic E-state index is 10.9. The predicted octanol–water partition coefficient (Wildman–Crippen LogP) is 5.37. The second-order valence-electron chi connectivity index (χ2n) is 6.35. The number of hydrogen-bond acceptors (Lipinski definition) is 5. The molecule has 160 valence electrons. The summed E-state index contributed by atoms with van der Waals surface area (Å²) in [6.07, 6.45) is 3.11. The highest BCUT2D eigenvalue weighted by Gasteiger charge is 2.05. The Morgan fingerprint density at radius 2 is 1.60 bits per heavy atom. The van der Waals surface area contributed by atoms with Crippen molar-refractivity contribution in [2.45, 2.75) is 26.7 Å². The van der Waals surface area contributed by atoms with Crippen molar-refractivity contribution in [2.75, 3.05) is 19.8 Å². The Labute approximate surface area is 179 Å². The van der Waals surface area contributed by atoms with Gasteiger partial charge in [-0.3, -0.25) is 0 Å². The maximum atomic E-state index is 10.9. The van der Waals surface area contributed by atoms with Gasteiger partial charge in [-0.15, -0.1) is 0 Å². The van der Waals surface area contributed by atoms with Crippen LogP contribution in [0.2, 0.25) is 0 Å². The molecule has 0 aliphatic rings. The molecule has 2 aromatic carbocycles. The molecular weight excluding hydrogens is 380 g/mol. The molecule has 0 aliphatic carbocycles. The maximum Gasteiger partial charge on any atom is 0.333 e. The zero-order valence-electron chi connectivity index (χ0n) is 17.8. The third-order valence-electron chi connectivity index (χ3n) is 3.80. The molecule has 0 spiro atoms. The fraction of sp³-hybridized carbons (Fsp3) is 0.280. The Bertz CT molecular complexity index is 811. The summed E-state index contributed by atoms with van der Waals surface area (Å²) in [5.41, 5.74) is 2.57. The zero-order valence-corrected chi connectivity index (χ0v) is 17.8. The molecule has 0 aliphatic heterocycles. The second-order valence-corrected chi connectivity index (χ2v) is 6.35. The minimum Gasteiger partial charge on any atom is -0.489 e. The lowest BCUT2D eigenvalue weighted by Crippen LogP contribution is -2.10. The highest BCUT2D eigenvalue weighted by molar-refractivity contribution is 5.86. The van der Waals surface area contributed by atoms with E-state index < -0.39 is 5.97 Å². The number of benzene rings is 2. The van der Waals surface area contributed by atoms with Crippen LogP contribution < -0.4 is 4.74 Å². The molecule has 0 aromatic heterocycles. The van der Waals surface area contributed by atoms with E-state index in [1.807, 2.05) is 54.6 Å². The van der Waals surface area contributed by atoms with E-state index in [-0.39, 0.29) is 12.6 Å². The minimum atomic E-state index is -0.440. The Balaban J connectivity index is 0.000000382. The molecule has 5 nitrogen and oxygen atoms in total. The van der Waals surface area contributed by atoms with Crippen LogP contribution in [-0.4, -0.2) is 31.8 Å². The van der Waals surface area contributed by atoms with Crippen LogP contribution in [0.25, 0.3) is 11.1 Å². The van der Waals surface area contributed by atoms with Crippen LogP contribution >= 0.6 is 0 Å². The van der Waals surface area contributed by atoms with Gasteiger partial charge in [0, 0.05) is 17.2 Å². The quantitative estimate of drug-likeness (QED) is 0.299.